The molecule has 2 rings (SSSR count). The number of aromatic nitrogens is 1. The molecule has 1 aliphatic rings. The number of carbonyl (C=O) groups excluding carboxylic acids is 1. The molecule has 108 valence electrons. The van der Waals surface area contributed by atoms with Gasteiger partial charge in [0.25, 0.3) is 5.91 Å². The fourth-order valence-electron chi connectivity index (χ4n) is 2.53. The fourth-order valence-corrected chi connectivity index (χ4v) is 2.53. The third-order valence-electron chi connectivity index (χ3n) is 3.58. The van der Waals surface area contributed by atoms with Gasteiger partial charge in [-0.2, -0.15) is 0 Å². The number of carbonyl (C=O) groups is 2. The fraction of sp³-hybridized carbons (Fsp3) is 0.500. The number of amides is 1. The van der Waals surface area contributed by atoms with E-state index in [1.807, 2.05) is 11.8 Å². The maximum absolute atomic E-state index is 12.5. The van der Waals surface area contributed by atoms with Gasteiger partial charge in [0.15, 0.2) is 0 Å². The zero-order valence-electron chi connectivity index (χ0n) is 11.5. The molecule has 0 atom stereocenters. The maximum Gasteiger partial charge on any atom is 0.354 e. The van der Waals surface area contributed by atoms with Gasteiger partial charge in [-0.05, 0) is 45.0 Å². The summed E-state index contributed by atoms with van der Waals surface area (Å²) in [5.74, 6) is -1.24. The standard InChI is InChI=1S/C14H19N3O3/c1-2-17(11-4-6-15-7-5-11)13(18)10-3-8-16-12(9-10)14(19)20/h3,8-9,11,15H,2,4-7H2,1H3,(H,19,20). The number of carboxylic acids is 1. The molecule has 0 saturated carbocycles. The zero-order chi connectivity index (χ0) is 14.5. The molecule has 0 aromatic carbocycles. The van der Waals surface area contributed by atoms with Crippen LogP contribution in [0, 0.1) is 0 Å². The second kappa shape index (κ2) is 6.47. The first-order valence-corrected chi connectivity index (χ1v) is 6.84. The van der Waals surface area contributed by atoms with Crippen LogP contribution >= 0.6 is 0 Å². The number of aromatic carboxylic acids is 1. The van der Waals surface area contributed by atoms with Crippen LogP contribution < -0.4 is 5.32 Å². The lowest BCUT2D eigenvalue weighted by Crippen LogP contribution is -2.46. The highest BCUT2D eigenvalue weighted by Gasteiger charge is 2.25. The van der Waals surface area contributed by atoms with Gasteiger partial charge in [-0.25, -0.2) is 9.78 Å². The highest BCUT2D eigenvalue weighted by Crippen LogP contribution is 2.15. The first kappa shape index (κ1) is 14.5. The average Bonchev–Trinajstić information content (AvgIpc) is 2.49. The molecular formula is C14H19N3O3. The normalized spacial score (nSPS) is 15.8. The smallest absolute Gasteiger partial charge is 0.354 e. The van der Waals surface area contributed by atoms with Gasteiger partial charge in [0.1, 0.15) is 5.69 Å². The highest BCUT2D eigenvalue weighted by atomic mass is 16.4. The van der Waals surface area contributed by atoms with E-state index < -0.39 is 5.97 Å². The van der Waals surface area contributed by atoms with Crippen molar-refractivity contribution in [2.45, 2.75) is 25.8 Å². The molecule has 20 heavy (non-hydrogen) atoms. The van der Waals surface area contributed by atoms with Gasteiger partial charge in [-0.15, -0.1) is 0 Å². The summed E-state index contributed by atoms with van der Waals surface area (Å²) < 4.78 is 0. The molecule has 0 radical (unpaired) electrons. The van der Waals surface area contributed by atoms with Crippen molar-refractivity contribution in [2.24, 2.45) is 0 Å². The highest BCUT2D eigenvalue weighted by molar-refractivity contribution is 5.96. The van der Waals surface area contributed by atoms with Crippen molar-refractivity contribution in [3.8, 4) is 0 Å². The van der Waals surface area contributed by atoms with Gasteiger partial charge >= 0.3 is 5.97 Å². The average molecular weight is 277 g/mol. The first-order chi connectivity index (χ1) is 9.63. The molecule has 0 aliphatic carbocycles. The van der Waals surface area contributed by atoms with E-state index in [0.717, 1.165) is 25.9 Å². The predicted molar refractivity (Wildman–Crippen MR) is 73.8 cm³/mol. The van der Waals surface area contributed by atoms with Crippen LogP contribution in [0.2, 0.25) is 0 Å². The van der Waals surface area contributed by atoms with Crippen LogP contribution in [0.4, 0.5) is 0 Å². The molecule has 2 N–H and O–H groups in total. The van der Waals surface area contributed by atoms with E-state index in [1.165, 1.54) is 12.3 Å². The SMILES string of the molecule is CCN(C(=O)c1ccnc(C(=O)O)c1)C1CCNCC1. The summed E-state index contributed by atoms with van der Waals surface area (Å²) in [4.78, 5) is 29.0. The number of nitrogens with one attached hydrogen (secondary N) is 1. The molecule has 1 fully saturated rings. The summed E-state index contributed by atoms with van der Waals surface area (Å²) in [5, 5.41) is 12.2. The van der Waals surface area contributed by atoms with Crippen LogP contribution in [0.15, 0.2) is 18.3 Å². The number of rotatable bonds is 4. The summed E-state index contributed by atoms with van der Waals surface area (Å²) >= 11 is 0. The number of hydrogen-bond donors (Lipinski definition) is 2. The van der Waals surface area contributed by atoms with Gasteiger partial charge in [0, 0.05) is 24.3 Å². The molecule has 0 bridgehead atoms. The number of pyridine rings is 1. The first-order valence-electron chi connectivity index (χ1n) is 6.84. The van der Waals surface area contributed by atoms with E-state index >= 15 is 0 Å². The largest absolute Gasteiger partial charge is 0.477 e. The minimum Gasteiger partial charge on any atom is -0.477 e. The lowest BCUT2D eigenvalue weighted by atomic mass is 10.0. The molecule has 2 heterocycles. The minimum atomic E-state index is -1.12. The summed E-state index contributed by atoms with van der Waals surface area (Å²) in [6.07, 6.45) is 3.22. The molecule has 0 unspecified atom stereocenters. The molecule has 1 aliphatic heterocycles. The summed E-state index contributed by atoms with van der Waals surface area (Å²) in [6, 6.07) is 3.13. The van der Waals surface area contributed by atoms with E-state index in [1.54, 1.807) is 6.07 Å². The molecule has 6 heteroatoms. The summed E-state index contributed by atoms with van der Waals surface area (Å²) in [6.45, 7) is 4.38. The minimum absolute atomic E-state index is 0.0998. The van der Waals surface area contributed by atoms with Gasteiger partial charge in [0.2, 0.25) is 0 Å². The third kappa shape index (κ3) is 3.14. The van der Waals surface area contributed by atoms with Crippen molar-refractivity contribution >= 4 is 11.9 Å². The monoisotopic (exact) mass is 277 g/mol. The summed E-state index contributed by atoms with van der Waals surface area (Å²) in [5.41, 5.74) is 0.287. The molecule has 6 nitrogen and oxygen atoms in total. The number of carboxylic acid groups (broad SMARTS) is 1. The Kier molecular flexibility index (Phi) is 4.68. The third-order valence-corrected chi connectivity index (χ3v) is 3.58. The van der Waals surface area contributed by atoms with Gasteiger partial charge < -0.3 is 15.3 Å². The van der Waals surface area contributed by atoms with Gasteiger partial charge in [-0.1, -0.05) is 0 Å². The quantitative estimate of drug-likeness (QED) is 0.857. The predicted octanol–water partition coefficient (Wildman–Crippen LogP) is 0.994. The van der Waals surface area contributed by atoms with Crippen molar-refractivity contribution < 1.29 is 14.7 Å². The maximum atomic E-state index is 12.5. The van der Waals surface area contributed by atoms with Crippen LogP contribution in [0.5, 0.6) is 0 Å². The van der Waals surface area contributed by atoms with Gasteiger partial charge in [-0.3, -0.25) is 4.79 Å². The van der Waals surface area contributed by atoms with Crippen molar-refractivity contribution in [2.75, 3.05) is 19.6 Å². The Morgan fingerprint density at radius 2 is 2.15 bits per heavy atom. The van der Waals surface area contributed by atoms with Crippen molar-refractivity contribution in [3.05, 3.63) is 29.6 Å². The Hall–Kier alpha value is -1.95. The lowest BCUT2D eigenvalue weighted by molar-refractivity contribution is 0.0656. The van der Waals surface area contributed by atoms with E-state index in [4.69, 9.17) is 5.11 Å². The van der Waals surface area contributed by atoms with Crippen LogP contribution in [-0.2, 0) is 0 Å². The Bertz CT molecular complexity index is 498. The molecular weight excluding hydrogens is 258 g/mol. The zero-order valence-corrected chi connectivity index (χ0v) is 11.5. The lowest BCUT2D eigenvalue weighted by Gasteiger charge is -2.34. The van der Waals surface area contributed by atoms with E-state index in [0.29, 0.717) is 12.1 Å². The van der Waals surface area contributed by atoms with E-state index in [-0.39, 0.29) is 17.6 Å². The van der Waals surface area contributed by atoms with E-state index in [2.05, 4.69) is 10.3 Å². The van der Waals surface area contributed by atoms with Crippen molar-refractivity contribution in [3.63, 3.8) is 0 Å². The van der Waals surface area contributed by atoms with Crippen LogP contribution in [0.25, 0.3) is 0 Å². The topological polar surface area (TPSA) is 82.5 Å². The number of hydrogen-bond acceptors (Lipinski definition) is 4. The number of piperidine rings is 1. The Morgan fingerprint density at radius 1 is 1.45 bits per heavy atom. The van der Waals surface area contributed by atoms with Crippen LogP contribution in [0.1, 0.15) is 40.6 Å². The van der Waals surface area contributed by atoms with Crippen LogP contribution in [0.3, 0.4) is 0 Å². The second-order valence-electron chi connectivity index (χ2n) is 4.81. The second-order valence-corrected chi connectivity index (χ2v) is 4.81. The van der Waals surface area contributed by atoms with Crippen molar-refractivity contribution in [1.82, 2.24) is 15.2 Å². The molecule has 1 amide bonds. The van der Waals surface area contributed by atoms with Gasteiger partial charge in [0.05, 0.1) is 0 Å². The number of nitrogens with zero attached hydrogens (tertiary/aromatic N) is 2. The van der Waals surface area contributed by atoms with E-state index in [9.17, 15) is 9.59 Å². The van der Waals surface area contributed by atoms with Crippen molar-refractivity contribution in [1.29, 1.82) is 0 Å². The van der Waals surface area contributed by atoms with Crippen LogP contribution in [-0.4, -0.2) is 52.5 Å². The Morgan fingerprint density at radius 3 is 2.75 bits per heavy atom. The Labute approximate surface area is 117 Å². The summed E-state index contributed by atoms with van der Waals surface area (Å²) in [7, 11) is 0. The molecule has 1 saturated heterocycles. The molecule has 1 aromatic heterocycles. The molecule has 1 aromatic rings. The molecule has 0 spiro atoms. The Balaban J connectivity index is 2.19.